The van der Waals surface area contributed by atoms with Gasteiger partial charge in [0.05, 0.1) is 41.9 Å². The minimum atomic E-state index is -0.311. The SMILES string of the molecule is COc1cncc(-c2cncc(Oc3ccc4nc(N[C@@H]5CCCC[C@H]5O)sc4c3)c2)c1. The smallest absolute Gasteiger partial charge is 0.184 e. The first-order valence-corrected chi connectivity index (χ1v) is 11.5. The molecular weight excluding hydrogens is 424 g/mol. The van der Waals surface area contributed by atoms with E-state index in [1.165, 1.54) is 0 Å². The molecule has 8 heteroatoms. The van der Waals surface area contributed by atoms with Gasteiger partial charge in [-0.1, -0.05) is 24.2 Å². The van der Waals surface area contributed by atoms with Gasteiger partial charge in [0.1, 0.15) is 17.2 Å². The minimum Gasteiger partial charge on any atom is -0.495 e. The molecule has 0 unspecified atom stereocenters. The van der Waals surface area contributed by atoms with Crippen molar-refractivity contribution < 1.29 is 14.6 Å². The zero-order valence-electron chi connectivity index (χ0n) is 17.7. The molecular formula is C24H24N4O3S. The predicted octanol–water partition coefficient (Wildman–Crippen LogP) is 5.27. The van der Waals surface area contributed by atoms with Gasteiger partial charge in [-0.3, -0.25) is 9.97 Å². The normalized spacial score (nSPS) is 18.4. The van der Waals surface area contributed by atoms with Gasteiger partial charge in [-0.2, -0.15) is 0 Å². The Morgan fingerprint density at radius 1 is 0.938 bits per heavy atom. The molecule has 0 aliphatic heterocycles. The summed E-state index contributed by atoms with van der Waals surface area (Å²) in [5.41, 5.74) is 2.70. The van der Waals surface area contributed by atoms with E-state index in [9.17, 15) is 5.11 Å². The fraction of sp³-hybridized carbons (Fsp3) is 0.292. The van der Waals surface area contributed by atoms with Gasteiger partial charge in [-0.25, -0.2) is 4.98 Å². The lowest BCUT2D eigenvalue weighted by Gasteiger charge is -2.27. The van der Waals surface area contributed by atoms with E-state index in [2.05, 4.69) is 20.3 Å². The molecule has 1 fully saturated rings. The van der Waals surface area contributed by atoms with Crippen LogP contribution >= 0.6 is 11.3 Å². The number of nitrogens with zero attached hydrogens (tertiary/aromatic N) is 3. The molecule has 0 radical (unpaired) electrons. The Bertz CT molecular complexity index is 1230. The standard InChI is InChI=1S/C24H24N4O3S/c1-30-18-8-15(11-25-13-18)16-9-19(14-26-12-16)31-17-6-7-21-23(10-17)32-24(28-21)27-20-4-2-3-5-22(20)29/h6-14,20,22,29H,2-5H2,1H3,(H,27,28)/t20-,22-/m1/s1. The highest BCUT2D eigenvalue weighted by Gasteiger charge is 2.23. The number of rotatable bonds is 6. The number of fused-ring (bicyclic) bond motifs is 1. The molecule has 1 aliphatic rings. The first kappa shape index (κ1) is 20.7. The Morgan fingerprint density at radius 3 is 2.47 bits per heavy atom. The summed E-state index contributed by atoms with van der Waals surface area (Å²) in [5, 5.41) is 14.5. The number of hydrogen-bond donors (Lipinski definition) is 2. The molecule has 1 aromatic carbocycles. The van der Waals surface area contributed by atoms with Crippen LogP contribution in [0.2, 0.25) is 0 Å². The van der Waals surface area contributed by atoms with Crippen molar-refractivity contribution in [3.63, 3.8) is 0 Å². The summed E-state index contributed by atoms with van der Waals surface area (Å²) >= 11 is 1.57. The van der Waals surface area contributed by atoms with Crippen LogP contribution in [0.25, 0.3) is 21.3 Å². The lowest BCUT2D eigenvalue weighted by molar-refractivity contribution is 0.116. The second kappa shape index (κ2) is 9.10. The number of thiazole rings is 1. The topological polar surface area (TPSA) is 89.4 Å². The van der Waals surface area contributed by atoms with Crippen molar-refractivity contribution in [1.29, 1.82) is 0 Å². The van der Waals surface area contributed by atoms with Crippen molar-refractivity contribution >= 4 is 26.7 Å². The number of anilines is 1. The second-order valence-corrected chi connectivity index (χ2v) is 8.91. The van der Waals surface area contributed by atoms with Crippen molar-refractivity contribution in [3.05, 3.63) is 55.1 Å². The molecule has 2 N–H and O–H groups in total. The minimum absolute atomic E-state index is 0.0694. The van der Waals surface area contributed by atoms with Gasteiger partial charge in [-0.15, -0.1) is 0 Å². The van der Waals surface area contributed by atoms with Crippen LogP contribution in [0.5, 0.6) is 17.2 Å². The van der Waals surface area contributed by atoms with Gasteiger partial charge in [-0.05, 0) is 37.1 Å². The van der Waals surface area contributed by atoms with E-state index in [1.807, 2.05) is 30.3 Å². The third-order valence-corrected chi connectivity index (χ3v) is 6.58. The largest absolute Gasteiger partial charge is 0.495 e. The Hall–Kier alpha value is -3.23. The fourth-order valence-electron chi connectivity index (χ4n) is 3.93. The molecule has 7 nitrogen and oxygen atoms in total. The molecule has 0 bridgehead atoms. The number of methoxy groups -OCH3 is 1. The lowest BCUT2D eigenvalue weighted by atomic mass is 9.93. The number of aliphatic hydroxyl groups is 1. The second-order valence-electron chi connectivity index (χ2n) is 7.88. The maximum Gasteiger partial charge on any atom is 0.184 e. The molecule has 164 valence electrons. The highest BCUT2D eigenvalue weighted by molar-refractivity contribution is 7.22. The fourth-order valence-corrected chi connectivity index (χ4v) is 4.88. The van der Waals surface area contributed by atoms with Gasteiger partial charge in [0, 0.05) is 29.6 Å². The maximum absolute atomic E-state index is 10.2. The molecule has 0 amide bonds. The number of hydrogen-bond acceptors (Lipinski definition) is 8. The third kappa shape index (κ3) is 4.51. The van der Waals surface area contributed by atoms with Crippen LogP contribution in [-0.2, 0) is 0 Å². The summed E-state index contributed by atoms with van der Waals surface area (Å²) in [6.07, 6.45) is 10.6. The quantitative estimate of drug-likeness (QED) is 0.415. The van der Waals surface area contributed by atoms with Crippen LogP contribution in [0.4, 0.5) is 5.13 Å². The van der Waals surface area contributed by atoms with Crippen LogP contribution in [0.3, 0.4) is 0 Å². The zero-order chi connectivity index (χ0) is 21.9. The maximum atomic E-state index is 10.2. The molecule has 0 saturated heterocycles. The van der Waals surface area contributed by atoms with Gasteiger partial charge >= 0.3 is 0 Å². The average Bonchev–Trinajstić information content (AvgIpc) is 3.22. The van der Waals surface area contributed by atoms with Crippen molar-refractivity contribution in [3.8, 4) is 28.4 Å². The molecule has 5 rings (SSSR count). The summed E-state index contributed by atoms with van der Waals surface area (Å²) in [6, 6.07) is 9.75. The van der Waals surface area contributed by atoms with Crippen molar-refractivity contribution in [2.24, 2.45) is 0 Å². The van der Waals surface area contributed by atoms with Crippen LogP contribution < -0.4 is 14.8 Å². The lowest BCUT2D eigenvalue weighted by Crippen LogP contribution is -2.36. The highest BCUT2D eigenvalue weighted by Crippen LogP contribution is 2.33. The number of benzene rings is 1. The highest BCUT2D eigenvalue weighted by atomic mass is 32.1. The first-order chi connectivity index (χ1) is 15.7. The molecule has 2 atom stereocenters. The number of aliphatic hydroxyl groups excluding tert-OH is 1. The van der Waals surface area contributed by atoms with E-state index in [0.29, 0.717) is 17.2 Å². The van der Waals surface area contributed by atoms with Gasteiger partial charge < -0.3 is 19.9 Å². The predicted molar refractivity (Wildman–Crippen MR) is 126 cm³/mol. The molecule has 1 saturated carbocycles. The summed E-state index contributed by atoms with van der Waals surface area (Å²) in [6.45, 7) is 0. The van der Waals surface area contributed by atoms with Crippen LogP contribution in [0, 0.1) is 0 Å². The average molecular weight is 449 g/mol. The molecule has 0 spiro atoms. The van der Waals surface area contributed by atoms with Crippen molar-refractivity contribution in [2.45, 2.75) is 37.8 Å². The number of pyridine rings is 2. The van der Waals surface area contributed by atoms with Crippen molar-refractivity contribution in [1.82, 2.24) is 15.0 Å². The van der Waals surface area contributed by atoms with Crippen LogP contribution in [-0.4, -0.2) is 39.3 Å². The Morgan fingerprint density at radius 2 is 1.69 bits per heavy atom. The molecule has 3 aromatic heterocycles. The van der Waals surface area contributed by atoms with Gasteiger partial charge in [0.25, 0.3) is 0 Å². The Kier molecular flexibility index (Phi) is 5.87. The monoisotopic (exact) mass is 448 g/mol. The molecule has 3 heterocycles. The Labute approximate surface area is 190 Å². The third-order valence-electron chi connectivity index (χ3n) is 5.63. The van der Waals surface area contributed by atoms with E-state index in [1.54, 1.807) is 43.2 Å². The summed E-state index contributed by atoms with van der Waals surface area (Å²) in [7, 11) is 1.62. The summed E-state index contributed by atoms with van der Waals surface area (Å²) in [4.78, 5) is 13.2. The van der Waals surface area contributed by atoms with E-state index in [4.69, 9.17) is 9.47 Å². The number of ether oxygens (including phenoxy) is 2. The first-order valence-electron chi connectivity index (χ1n) is 10.7. The number of aromatic nitrogens is 3. The number of nitrogens with one attached hydrogen (secondary N) is 1. The van der Waals surface area contributed by atoms with E-state index in [-0.39, 0.29) is 12.1 Å². The van der Waals surface area contributed by atoms with Crippen LogP contribution in [0.15, 0.2) is 55.1 Å². The molecule has 32 heavy (non-hydrogen) atoms. The Balaban J connectivity index is 1.34. The summed E-state index contributed by atoms with van der Waals surface area (Å²) in [5.74, 6) is 2.04. The van der Waals surface area contributed by atoms with E-state index < -0.39 is 0 Å². The zero-order valence-corrected chi connectivity index (χ0v) is 18.5. The summed E-state index contributed by atoms with van der Waals surface area (Å²) < 4.78 is 12.4. The van der Waals surface area contributed by atoms with Gasteiger partial charge in [0.15, 0.2) is 5.13 Å². The molecule has 1 aliphatic carbocycles. The van der Waals surface area contributed by atoms with E-state index >= 15 is 0 Å². The van der Waals surface area contributed by atoms with Crippen molar-refractivity contribution in [2.75, 3.05) is 12.4 Å². The van der Waals surface area contributed by atoms with E-state index in [0.717, 1.165) is 52.2 Å². The van der Waals surface area contributed by atoms with Gasteiger partial charge in [0.2, 0.25) is 0 Å². The molecule has 4 aromatic rings. The van der Waals surface area contributed by atoms with Crippen LogP contribution in [0.1, 0.15) is 25.7 Å².